The fourth-order valence-electron chi connectivity index (χ4n) is 3.00. The average molecular weight is 438 g/mol. The SMILES string of the molecule is Clc1ccc(C(OCCn2ccnc2)c2csc3c(Cl)cccc23)c(Cl)c1. The van der Waals surface area contributed by atoms with Crippen molar-refractivity contribution in [3.8, 4) is 0 Å². The summed E-state index contributed by atoms with van der Waals surface area (Å²) in [5.74, 6) is 0. The molecule has 4 aromatic rings. The minimum Gasteiger partial charge on any atom is -0.367 e. The summed E-state index contributed by atoms with van der Waals surface area (Å²) in [5, 5.41) is 5.08. The second-order valence-corrected chi connectivity index (χ2v) is 8.16. The minimum absolute atomic E-state index is 0.314. The van der Waals surface area contributed by atoms with Gasteiger partial charge in [-0.05, 0) is 23.6 Å². The van der Waals surface area contributed by atoms with Crippen LogP contribution in [-0.4, -0.2) is 16.2 Å². The van der Waals surface area contributed by atoms with Crippen molar-refractivity contribution in [1.29, 1.82) is 0 Å². The number of rotatable bonds is 6. The maximum absolute atomic E-state index is 6.50. The number of hydrogen-bond donors (Lipinski definition) is 0. The molecule has 0 saturated carbocycles. The quantitative estimate of drug-likeness (QED) is 0.329. The molecule has 0 bridgehead atoms. The topological polar surface area (TPSA) is 27.1 Å². The zero-order valence-electron chi connectivity index (χ0n) is 14.1. The van der Waals surface area contributed by atoms with Crippen molar-refractivity contribution in [3.05, 3.63) is 86.7 Å². The van der Waals surface area contributed by atoms with E-state index >= 15 is 0 Å². The van der Waals surface area contributed by atoms with Crippen LogP contribution in [-0.2, 0) is 11.3 Å². The molecule has 0 aliphatic carbocycles. The molecule has 1 atom stereocenters. The summed E-state index contributed by atoms with van der Waals surface area (Å²) >= 11 is 20.6. The number of imidazole rings is 1. The maximum Gasteiger partial charge on any atom is 0.110 e. The zero-order chi connectivity index (χ0) is 18.8. The van der Waals surface area contributed by atoms with Crippen molar-refractivity contribution < 1.29 is 4.74 Å². The highest BCUT2D eigenvalue weighted by atomic mass is 35.5. The Balaban J connectivity index is 1.71. The lowest BCUT2D eigenvalue weighted by molar-refractivity contribution is 0.0750. The van der Waals surface area contributed by atoms with Crippen LogP contribution in [0.3, 0.4) is 0 Å². The van der Waals surface area contributed by atoms with Gasteiger partial charge in [0.05, 0.1) is 22.7 Å². The Morgan fingerprint density at radius 1 is 1.07 bits per heavy atom. The average Bonchev–Trinajstić information content (AvgIpc) is 3.30. The summed E-state index contributed by atoms with van der Waals surface area (Å²) in [6.45, 7) is 1.21. The van der Waals surface area contributed by atoms with Crippen LogP contribution in [0.15, 0.2) is 60.5 Å². The molecule has 4 rings (SSSR count). The Labute approximate surface area is 176 Å². The number of ether oxygens (including phenoxy) is 1. The highest BCUT2D eigenvalue weighted by molar-refractivity contribution is 7.18. The standard InChI is InChI=1S/C20H15Cl3N2OS/c21-13-4-5-15(18(23)10-13)19(26-9-8-25-7-6-24-12-25)16-11-27-20-14(16)2-1-3-17(20)22/h1-7,10-12,19H,8-9H2. The van der Waals surface area contributed by atoms with E-state index in [1.807, 2.05) is 35.0 Å². The van der Waals surface area contributed by atoms with Gasteiger partial charge in [0, 0.05) is 45.5 Å². The first-order chi connectivity index (χ1) is 13.1. The van der Waals surface area contributed by atoms with Crippen molar-refractivity contribution in [2.75, 3.05) is 6.61 Å². The fraction of sp³-hybridized carbons (Fsp3) is 0.150. The molecule has 0 amide bonds. The predicted octanol–water partition coefficient (Wildman–Crippen LogP) is 6.86. The van der Waals surface area contributed by atoms with Gasteiger partial charge in [-0.25, -0.2) is 4.98 Å². The van der Waals surface area contributed by atoms with Gasteiger partial charge in [-0.2, -0.15) is 0 Å². The van der Waals surface area contributed by atoms with Crippen molar-refractivity contribution in [2.24, 2.45) is 0 Å². The molecule has 0 radical (unpaired) electrons. The van der Waals surface area contributed by atoms with E-state index in [1.165, 1.54) is 0 Å². The molecule has 0 spiro atoms. The van der Waals surface area contributed by atoms with E-state index in [4.69, 9.17) is 39.5 Å². The van der Waals surface area contributed by atoms with Gasteiger partial charge >= 0.3 is 0 Å². The highest BCUT2D eigenvalue weighted by Crippen LogP contribution is 2.40. The van der Waals surface area contributed by atoms with E-state index in [2.05, 4.69) is 16.4 Å². The van der Waals surface area contributed by atoms with Crippen LogP contribution in [0.4, 0.5) is 0 Å². The maximum atomic E-state index is 6.50. The summed E-state index contributed by atoms with van der Waals surface area (Å²) < 4.78 is 9.32. The van der Waals surface area contributed by atoms with Gasteiger partial charge in [0.15, 0.2) is 0 Å². The van der Waals surface area contributed by atoms with Crippen LogP contribution < -0.4 is 0 Å². The number of fused-ring (bicyclic) bond motifs is 1. The number of aromatic nitrogens is 2. The van der Waals surface area contributed by atoms with Crippen LogP contribution in [0.2, 0.25) is 15.1 Å². The Hall–Kier alpha value is -1.56. The second kappa shape index (κ2) is 8.21. The monoisotopic (exact) mass is 436 g/mol. The van der Waals surface area contributed by atoms with Crippen molar-refractivity contribution in [1.82, 2.24) is 9.55 Å². The number of benzene rings is 2. The van der Waals surface area contributed by atoms with Gasteiger partial charge in [-0.15, -0.1) is 11.3 Å². The Morgan fingerprint density at radius 2 is 1.96 bits per heavy atom. The lowest BCUT2D eigenvalue weighted by Gasteiger charge is -2.20. The van der Waals surface area contributed by atoms with E-state index in [9.17, 15) is 0 Å². The molecule has 1 unspecified atom stereocenters. The third kappa shape index (κ3) is 4.00. The molecule has 0 saturated heterocycles. The molecule has 2 aromatic heterocycles. The Bertz CT molecular complexity index is 1060. The highest BCUT2D eigenvalue weighted by Gasteiger charge is 2.22. The van der Waals surface area contributed by atoms with Crippen molar-refractivity contribution in [3.63, 3.8) is 0 Å². The van der Waals surface area contributed by atoms with Gasteiger partial charge in [0.25, 0.3) is 0 Å². The number of halogens is 3. The first-order valence-electron chi connectivity index (χ1n) is 8.31. The molecular weight excluding hydrogens is 423 g/mol. The Morgan fingerprint density at radius 3 is 2.74 bits per heavy atom. The first-order valence-corrected chi connectivity index (χ1v) is 10.3. The summed E-state index contributed by atoms with van der Waals surface area (Å²) in [7, 11) is 0. The summed E-state index contributed by atoms with van der Waals surface area (Å²) in [5.41, 5.74) is 1.93. The molecule has 2 aromatic carbocycles. The van der Waals surface area contributed by atoms with Gasteiger partial charge in [-0.3, -0.25) is 0 Å². The normalized spacial score (nSPS) is 12.6. The van der Waals surface area contributed by atoms with Crippen LogP contribution in [0.5, 0.6) is 0 Å². The van der Waals surface area contributed by atoms with E-state index in [0.717, 1.165) is 26.2 Å². The third-order valence-electron chi connectivity index (χ3n) is 4.30. The summed E-state index contributed by atoms with van der Waals surface area (Å²) in [6, 6.07) is 11.4. The van der Waals surface area contributed by atoms with Crippen LogP contribution in [0.25, 0.3) is 10.1 Å². The smallest absolute Gasteiger partial charge is 0.110 e. The van der Waals surface area contributed by atoms with E-state index in [0.29, 0.717) is 23.2 Å². The molecule has 3 nitrogen and oxygen atoms in total. The van der Waals surface area contributed by atoms with Crippen LogP contribution in [0.1, 0.15) is 17.2 Å². The van der Waals surface area contributed by atoms with Gasteiger partial charge in [0.2, 0.25) is 0 Å². The molecule has 0 aliphatic rings. The van der Waals surface area contributed by atoms with E-state index < -0.39 is 0 Å². The molecule has 138 valence electrons. The van der Waals surface area contributed by atoms with Crippen molar-refractivity contribution >= 4 is 56.2 Å². The molecule has 2 heterocycles. The van der Waals surface area contributed by atoms with Gasteiger partial charge in [0.1, 0.15) is 6.10 Å². The molecule has 0 aliphatic heterocycles. The van der Waals surface area contributed by atoms with E-state index in [1.54, 1.807) is 29.9 Å². The molecular formula is C20H15Cl3N2OS. The molecule has 0 fully saturated rings. The third-order valence-corrected chi connectivity index (χ3v) is 6.34. The van der Waals surface area contributed by atoms with Crippen molar-refractivity contribution in [2.45, 2.75) is 12.6 Å². The zero-order valence-corrected chi connectivity index (χ0v) is 17.2. The van der Waals surface area contributed by atoms with E-state index in [-0.39, 0.29) is 6.10 Å². The Kier molecular flexibility index (Phi) is 5.71. The van der Waals surface area contributed by atoms with Gasteiger partial charge in [-0.1, -0.05) is 53.0 Å². The largest absolute Gasteiger partial charge is 0.367 e. The van der Waals surface area contributed by atoms with Crippen LogP contribution >= 0.6 is 46.1 Å². The molecule has 0 N–H and O–H groups in total. The number of nitrogens with zero attached hydrogens (tertiary/aromatic N) is 2. The lowest BCUT2D eigenvalue weighted by Crippen LogP contribution is -2.11. The molecule has 7 heteroatoms. The lowest BCUT2D eigenvalue weighted by atomic mass is 10.0. The fourth-order valence-corrected chi connectivity index (χ4v) is 4.81. The summed E-state index contributed by atoms with van der Waals surface area (Å²) in [6.07, 6.45) is 5.12. The second-order valence-electron chi connectivity index (χ2n) is 6.02. The number of hydrogen-bond acceptors (Lipinski definition) is 3. The number of thiophene rings is 1. The summed E-state index contributed by atoms with van der Waals surface area (Å²) in [4.78, 5) is 4.06. The predicted molar refractivity (Wildman–Crippen MR) is 113 cm³/mol. The van der Waals surface area contributed by atoms with Crippen LogP contribution in [0, 0.1) is 0 Å². The first kappa shape index (κ1) is 18.8. The molecule has 27 heavy (non-hydrogen) atoms. The van der Waals surface area contributed by atoms with Gasteiger partial charge < -0.3 is 9.30 Å². The minimum atomic E-state index is -0.314.